The van der Waals surface area contributed by atoms with Gasteiger partial charge >= 0.3 is 37.0 Å². The molecule has 90 valence electrons. The topological polar surface area (TPSA) is 74.6 Å². The van der Waals surface area contributed by atoms with Crippen LogP contribution in [0.5, 0.6) is 0 Å². The van der Waals surface area contributed by atoms with Gasteiger partial charge in [0.05, 0.1) is 17.5 Å². The molecule has 0 spiro atoms. The molecule has 0 amide bonds. The number of carbonyl (C=O) groups is 2. The van der Waals surface area contributed by atoms with Gasteiger partial charge in [-0.05, 0) is 0 Å². The van der Waals surface area contributed by atoms with Crippen molar-refractivity contribution >= 4 is 23.3 Å². The summed E-state index contributed by atoms with van der Waals surface area (Å²) in [6.07, 6.45) is -6.00. The number of rotatable bonds is 3. The molecule has 0 aliphatic heterocycles. The van der Waals surface area contributed by atoms with Crippen molar-refractivity contribution in [3.05, 3.63) is 21.4 Å². The molecule has 4 nitrogen and oxygen atoms in total. The van der Waals surface area contributed by atoms with Crippen LogP contribution in [0.15, 0.2) is 5.38 Å². The Balaban J connectivity index is 0. The summed E-state index contributed by atoms with van der Waals surface area (Å²) in [5, 5.41) is 18.1. The van der Waals surface area contributed by atoms with E-state index in [1.807, 2.05) is 0 Å². The molecular weight excluding hydrogens is 256 g/mol. The number of carboxylic acid groups (broad SMARTS) is 2. The molecule has 17 heavy (non-hydrogen) atoms. The van der Waals surface area contributed by atoms with Crippen molar-refractivity contribution in [2.45, 2.75) is 12.6 Å². The second-order valence-electron chi connectivity index (χ2n) is 2.85. The number of carboxylic acids is 2. The molecule has 0 aromatic carbocycles. The Kier molecular flexibility index (Phi) is 5.26. The Labute approximate surface area is 111 Å². The van der Waals surface area contributed by atoms with Crippen molar-refractivity contribution < 1.29 is 53.3 Å². The molecular formula is C8H6F3LiO4S. The average molecular weight is 262 g/mol. The van der Waals surface area contributed by atoms with Crippen LogP contribution in [0.4, 0.5) is 13.2 Å². The van der Waals surface area contributed by atoms with Gasteiger partial charge < -0.3 is 11.6 Å². The van der Waals surface area contributed by atoms with Crippen LogP contribution >= 0.6 is 11.3 Å². The summed E-state index contributed by atoms with van der Waals surface area (Å²) in [5.74, 6) is -3.22. The van der Waals surface area contributed by atoms with E-state index in [2.05, 4.69) is 0 Å². The van der Waals surface area contributed by atoms with Crippen LogP contribution in [0, 0.1) is 0 Å². The first-order chi connectivity index (χ1) is 7.22. The van der Waals surface area contributed by atoms with E-state index < -0.39 is 40.5 Å². The van der Waals surface area contributed by atoms with Crippen LogP contribution in [-0.4, -0.2) is 28.3 Å². The molecule has 1 heterocycles. The molecule has 9 heteroatoms. The van der Waals surface area contributed by atoms with Gasteiger partial charge in [0.15, 0.2) is 0 Å². The minimum Gasteiger partial charge on any atom is -1.00 e. The van der Waals surface area contributed by atoms with Crippen molar-refractivity contribution in [2.75, 3.05) is 0 Å². The molecule has 1 aromatic rings. The Bertz CT molecular complexity index is 446. The third kappa shape index (κ3) is 4.07. The maximum absolute atomic E-state index is 12.1. The van der Waals surface area contributed by atoms with Crippen LogP contribution in [0.3, 0.4) is 0 Å². The van der Waals surface area contributed by atoms with Crippen LogP contribution in [0.2, 0.25) is 0 Å². The Morgan fingerprint density at radius 1 is 1.29 bits per heavy atom. The summed E-state index contributed by atoms with van der Waals surface area (Å²) in [7, 11) is 0. The normalized spacial score (nSPS) is 10.8. The quantitative estimate of drug-likeness (QED) is 0.711. The number of hydrogen-bond donors (Lipinski definition) is 2. The number of alkyl halides is 3. The van der Waals surface area contributed by atoms with Gasteiger partial charge in [-0.1, -0.05) is 0 Å². The minimum atomic E-state index is -4.56. The zero-order chi connectivity index (χ0) is 12.5. The van der Waals surface area contributed by atoms with Gasteiger partial charge in [-0.15, -0.1) is 11.3 Å². The SMILES string of the molecule is O=C(O)c1csc(CC(F)(F)F)c1C(=O)O.[H-].[Li+]. The van der Waals surface area contributed by atoms with E-state index in [1.165, 1.54) is 0 Å². The molecule has 0 radical (unpaired) electrons. The molecule has 0 saturated heterocycles. The first kappa shape index (κ1) is 16.0. The van der Waals surface area contributed by atoms with Crippen molar-refractivity contribution in [3.8, 4) is 0 Å². The van der Waals surface area contributed by atoms with Gasteiger partial charge in [-0.2, -0.15) is 13.2 Å². The molecule has 2 N–H and O–H groups in total. The van der Waals surface area contributed by atoms with Gasteiger partial charge in [-0.25, -0.2) is 9.59 Å². The van der Waals surface area contributed by atoms with Crippen LogP contribution in [0.25, 0.3) is 0 Å². The van der Waals surface area contributed by atoms with E-state index in [4.69, 9.17) is 10.2 Å². The zero-order valence-electron chi connectivity index (χ0n) is 9.54. The molecule has 0 unspecified atom stereocenters. The number of aromatic carboxylic acids is 2. The average Bonchev–Trinajstić information content (AvgIpc) is 2.44. The van der Waals surface area contributed by atoms with Crippen LogP contribution in [-0.2, 0) is 6.42 Å². The summed E-state index contributed by atoms with van der Waals surface area (Å²) in [6.45, 7) is 0. The van der Waals surface area contributed by atoms with Crippen molar-refractivity contribution in [1.82, 2.24) is 0 Å². The minimum absolute atomic E-state index is 0. The molecule has 0 aliphatic rings. The second kappa shape index (κ2) is 5.58. The van der Waals surface area contributed by atoms with Gasteiger partial charge in [0.1, 0.15) is 0 Å². The van der Waals surface area contributed by atoms with Gasteiger partial charge in [0.2, 0.25) is 0 Å². The maximum Gasteiger partial charge on any atom is 1.00 e. The monoisotopic (exact) mass is 262 g/mol. The predicted molar refractivity (Wildman–Crippen MR) is 49.1 cm³/mol. The van der Waals surface area contributed by atoms with Gasteiger partial charge in [0, 0.05) is 10.3 Å². The summed E-state index contributed by atoms with van der Waals surface area (Å²) in [5.41, 5.74) is -1.40. The van der Waals surface area contributed by atoms with Crippen LogP contribution < -0.4 is 18.9 Å². The molecule has 0 atom stereocenters. The Hall–Kier alpha value is -0.973. The summed E-state index contributed by atoms with van der Waals surface area (Å²) in [6, 6.07) is 0. The molecule has 0 aliphatic carbocycles. The summed E-state index contributed by atoms with van der Waals surface area (Å²) in [4.78, 5) is 20.7. The molecule has 0 bridgehead atoms. The fourth-order valence-electron chi connectivity index (χ4n) is 1.10. The molecule has 1 aromatic heterocycles. The van der Waals surface area contributed by atoms with Crippen molar-refractivity contribution in [3.63, 3.8) is 0 Å². The first-order valence-corrected chi connectivity index (χ1v) is 4.74. The molecule has 1 rings (SSSR count). The van der Waals surface area contributed by atoms with E-state index in [1.54, 1.807) is 0 Å². The summed E-state index contributed by atoms with van der Waals surface area (Å²) < 4.78 is 36.2. The largest absolute Gasteiger partial charge is 1.00 e. The van der Waals surface area contributed by atoms with Gasteiger partial charge in [-0.3, -0.25) is 0 Å². The van der Waals surface area contributed by atoms with E-state index in [0.717, 1.165) is 5.38 Å². The van der Waals surface area contributed by atoms with E-state index in [9.17, 15) is 22.8 Å². The standard InChI is InChI=1S/C8H5F3O4S.Li.H/c9-8(10,11)1-4-5(7(14)15)3(2-16-4)6(12)13;;/h2H,1H2,(H,12,13)(H,14,15);;/q;+1;-1. The fraction of sp³-hybridized carbons (Fsp3) is 0.250. The third-order valence-electron chi connectivity index (χ3n) is 1.67. The van der Waals surface area contributed by atoms with Crippen molar-refractivity contribution in [2.24, 2.45) is 0 Å². The number of hydrogen-bond acceptors (Lipinski definition) is 3. The van der Waals surface area contributed by atoms with Crippen LogP contribution in [0.1, 0.15) is 27.0 Å². The van der Waals surface area contributed by atoms with Crippen molar-refractivity contribution in [1.29, 1.82) is 0 Å². The third-order valence-corrected chi connectivity index (χ3v) is 2.66. The predicted octanol–water partition coefficient (Wildman–Crippen LogP) is -0.634. The maximum atomic E-state index is 12.1. The fourth-order valence-corrected chi connectivity index (χ4v) is 2.14. The zero-order valence-corrected chi connectivity index (χ0v) is 9.35. The van der Waals surface area contributed by atoms with E-state index in [0.29, 0.717) is 11.3 Å². The second-order valence-corrected chi connectivity index (χ2v) is 3.81. The molecule has 0 saturated carbocycles. The number of thiophene rings is 1. The Morgan fingerprint density at radius 2 is 1.82 bits per heavy atom. The summed E-state index contributed by atoms with van der Waals surface area (Å²) >= 11 is 0.478. The number of halogens is 3. The van der Waals surface area contributed by atoms with E-state index >= 15 is 0 Å². The van der Waals surface area contributed by atoms with Gasteiger partial charge in [0.25, 0.3) is 0 Å². The Morgan fingerprint density at radius 3 is 2.18 bits per heavy atom. The van der Waals surface area contributed by atoms with E-state index in [-0.39, 0.29) is 20.3 Å². The molecule has 0 fully saturated rings. The first-order valence-electron chi connectivity index (χ1n) is 3.86. The smallest absolute Gasteiger partial charge is 1.00 e.